The van der Waals surface area contributed by atoms with E-state index in [1.807, 2.05) is 35.2 Å². The molecule has 1 N–H and O–H groups in total. The van der Waals surface area contributed by atoms with Crippen LogP contribution < -0.4 is 10.2 Å². The van der Waals surface area contributed by atoms with Crippen LogP contribution in [0.2, 0.25) is 5.02 Å². The van der Waals surface area contributed by atoms with Gasteiger partial charge in [0.05, 0.1) is 15.6 Å². The molecule has 0 aromatic heterocycles. The molecule has 1 heterocycles. The minimum Gasteiger partial charge on any atom is -0.367 e. The van der Waals surface area contributed by atoms with Gasteiger partial charge in [0.2, 0.25) is 0 Å². The van der Waals surface area contributed by atoms with E-state index >= 15 is 0 Å². The molecular weight excluding hydrogens is 516 g/mol. The van der Waals surface area contributed by atoms with Gasteiger partial charge in [0.1, 0.15) is 0 Å². The minimum absolute atomic E-state index is 0.0401. The molecule has 7 nitrogen and oxygen atoms in total. The number of piperazine rings is 1. The summed E-state index contributed by atoms with van der Waals surface area (Å²) in [6.45, 7) is 2.42. The first-order valence-electron chi connectivity index (χ1n) is 9.81. The lowest BCUT2D eigenvalue weighted by atomic mass is 10.0. The molecule has 3 aromatic rings. The second-order valence-corrected chi connectivity index (χ2v) is 8.91. The lowest BCUT2D eigenvalue weighted by Crippen LogP contribution is -2.52. The second kappa shape index (κ2) is 9.40. The number of carbonyl (C=O) groups excluding carboxylic acids is 1. The lowest BCUT2D eigenvalue weighted by Gasteiger charge is -2.37. The van der Waals surface area contributed by atoms with Crippen molar-refractivity contribution in [2.75, 3.05) is 31.1 Å². The highest BCUT2D eigenvalue weighted by Gasteiger charge is 2.23. The van der Waals surface area contributed by atoms with Crippen LogP contribution in [0.5, 0.6) is 0 Å². The third kappa shape index (κ3) is 4.55. The topological polar surface area (TPSA) is 78.7 Å². The molecule has 1 aliphatic rings. The fraction of sp³-hybridized carbons (Fsp3) is 0.182. The van der Waals surface area contributed by atoms with Crippen LogP contribution in [0.15, 0.2) is 59.1 Å². The molecule has 10 heteroatoms. The Kier molecular flexibility index (Phi) is 6.59. The number of fused-ring (bicyclic) bond motifs is 1. The summed E-state index contributed by atoms with van der Waals surface area (Å²) < 4.78 is 0.924. The summed E-state index contributed by atoms with van der Waals surface area (Å²) in [5.41, 5.74) is 1.26. The number of nitrogens with one attached hydrogen (secondary N) is 1. The number of rotatable bonds is 3. The summed E-state index contributed by atoms with van der Waals surface area (Å²) in [6, 6.07) is 15.8. The minimum atomic E-state index is -0.469. The van der Waals surface area contributed by atoms with E-state index in [2.05, 4.69) is 26.1 Å². The molecule has 0 spiro atoms. The predicted molar refractivity (Wildman–Crippen MR) is 134 cm³/mol. The Hall–Kier alpha value is -2.75. The zero-order chi connectivity index (χ0) is 22.8. The summed E-state index contributed by atoms with van der Waals surface area (Å²) in [6.07, 6.45) is 0. The number of hydrogen-bond acceptors (Lipinski definition) is 5. The molecule has 0 unspecified atom stereocenters. The van der Waals surface area contributed by atoms with E-state index in [9.17, 15) is 14.9 Å². The highest BCUT2D eigenvalue weighted by atomic mass is 79.9. The molecule has 3 aromatic carbocycles. The normalized spacial score (nSPS) is 13.8. The fourth-order valence-corrected chi connectivity index (χ4v) is 4.80. The summed E-state index contributed by atoms with van der Waals surface area (Å²) >= 11 is 15.3. The third-order valence-electron chi connectivity index (χ3n) is 5.38. The number of nitro benzene ring substituents is 1. The Morgan fingerprint density at radius 2 is 1.75 bits per heavy atom. The van der Waals surface area contributed by atoms with Crippen LogP contribution >= 0.6 is 39.7 Å². The maximum atomic E-state index is 12.9. The molecule has 0 radical (unpaired) electrons. The van der Waals surface area contributed by atoms with Crippen molar-refractivity contribution >= 4 is 72.9 Å². The number of nitrogens with zero attached hydrogens (tertiary/aromatic N) is 3. The van der Waals surface area contributed by atoms with Gasteiger partial charge in [0.15, 0.2) is 5.11 Å². The molecule has 0 atom stereocenters. The van der Waals surface area contributed by atoms with Gasteiger partial charge in [-0.25, -0.2) is 0 Å². The van der Waals surface area contributed by atoms with E-state index < -0.39 is 4.92 Å². The van der Waals surface area contributed by atoms with Crippen LogP contribution in [0.3, 0.4) is 0 Å². The molecular formula is C22H18BrClN4O3S. The van der Waals surface area contributed by atoms with Gasteiger partial charge in [-0.05, 0) is 41.2 Å². The van der Waals surface area contributed by atoms with Gasteiger partial charge >= 0.3 is 0 Å². The zero-order valence-corrected chi connectivity index (χ0v) is 19.9. The van der Waals surface area contributed by atoms with Gasteiger partial charge in [-0.1, -0.05) is 51.8 Å². The second-order valence-electron chi connectivity index (χ2n) is 7.27. The van der Waals surface area contributed by atoms with E-state index in [4.69, 9.17) is 23.8 Å². The predicted octanol–water partition coefficient (Wildman–Crippen LogP) is 5.00. The Morgan fingerprint density at radius 1 is 1.06 bits per heavy atom. The van der Waals surface area contributed by atoms with Crippen molar-refractivity contribution in [1.82, 2.24) is 10.2 Å². The summed E-state index contributed by atoms with van der Waals surface area (Å²) in [7, 11) is 0. The first kappa shape index (κ1) is 22.4. The van der Waals surface area contributed by atoms with Gasteiger partial charge in [0.25, 0.3) is 11.6 Å². The van der Waals surface area contributed by atoms with Gasteiger partial charge in [0, 0.05) is 48.3 Å². The molecule has 1 amide bonds. The summed E-state index contributed by atoms with van der Waals surface area (Å²) in [4.78, 5) is 27.3. The van der Waals surface area contributed by atoms with Crippen LogP contribution in [0.1, 0.15) is 10.4 Å². The van der Waals surface area contributed by atoms with E-state index in [0.717, 1.165) is 20.9 Å². The average molecular weight is 534 g/mol. The van der Waals surface area contributed by atoms with Gasteiger partial charge in [-0.2, -0.15) is 0 Å². The molecule has 1 saturated heterocycles. The quantitative estimate of drug-likeness (QED) is 0.290. The molecule has 32 heavy (non-hydrogen) atoms. The Morgan fingerprint density at radius 3 is 2.44 bits per heavy atom. The number of thiocarbonyl (C=S) groups is 1. The van der Waals surface area contributed by atoms with Crippen LogP contribution in [0, 0.1) is 10.1 Å². The van der Waals surface area contributed by atoms with Gasteiger partial charge in [-0.15, -0.1) is 0 Å². The van der Waals surface area contributed by atoms with Crippen molar-refractivity contribution in [1.29, 1.82) is 0 Å². The first-order chi connectivity index (χ1) is 15.3. The third-order valence-corrected chi connectivity index (χ3v) is 6.74. The van der Waals surface area contributed by atoms with Crippen molar-refractivity contribution in [3.05, 3.63) is 79.8 Å². The van der Waals surface area contributed by atoms with E-state index in [1.165, 1.54) is 12.1 Å². The monoisotopic (exact) mass is 532 g/mol. The molecule has 0 bridgehead atoms. The SMILES string of the molecule is O=C(NC(=S)N1CCN(c2ccc([N+](=O)[O-])cc2Cl)CC1)c1cccc2c(Br)cccc12. The first-order valence-corrected chi connectivity index (χ1v) is 11.4. The molecule has 1 fully saturated rings. The Bertz CT molecular complexity index is 1230. The number of hydrogen-bond donors (Lipinski definition) is 1. The van der Waals surface area contributed by atoms with Crippen LogP contribution in [-0.4, -0.2) is 47.0 Å². The standard InChI is InChI=1S/C22H18BrClN4O3S/c23-18-6-2-3-15-16(18)4-1-5-17(15)21(29)25-22(32)27-11-9-26(10-12-27)20-8-7-14(28(30)31)13-19(20)24/h1-8,13H,9-12H2,(H,25,29,32). The Labute approximate surface area is 203 Å². The molecule has 0 saturated carbocycles. The molecule has 164 valence electrons. The number of anilines is 1. The summed E-state index contributed by atoms with van der Waals surface area (Å²) in [5, 5.41) is 16.3. The number of nitro groups is 1. The average Bonchev–Trinajstić information content (AvgIpc) is 2.79. The van der Waals surface area contributed by atoms with E-state index in [-0.39, 0.29) is 11.6 Å². The van der Waals surface area contributed by atoms with Crippen LogP contribution in [0.4, 0.5) is 11.4 Å². The van der Waals surface area contributed by atoms with Crippen molar-refractivity contribution in [2.24, 2.45) is 0 Å². The van der Waals surface area contributed by atoms with Crippen molar-refractivity contribution in [3.8, 4) is 0 Å². The van der Waals surface area contributed by atoms with Crippen LogP contribution in [-0.2, 0) is 0 Å². The summed E-state index contributed by atoms with van der Waals surface area (Å²) in [5.74, 6) is -0.250. The maximum Gasteiger partial charge on any atom is 0.271 e. The molecule has 4 rings (SSSR count). The fourth-order valence-electron chi connectivity index (χ4n) is 3.73. The lowest BCUT2D eigenvalue weighted by molar-refractivity contribution is -0.384. The van der Waals surface area contributed by atoms with Gasteiger partial charge < -0.3 is 9.80 Å². The number of amides is 1. The molecule has 0 aliphatic carbocycles. The van der Waals surface area contributed by atoms with Crippen molar-refractivity contribution in [3.63, 3.8) is 0 Å². The smallest absolute Gasteiger partial charge is 0.271 e. The highest BCUT2D eigenvalue weighted by molar-refractivity contribution is 9.10. The number of benzene rings is 3. The number of carbonyl (C=O) groups is 1. The van der Waals surface area contributed by atoms with Crippen molar-refractivity contribution < 1.29 is 9.72 Å². The number of halogens is 2. The van der Waals surface area contributed by atoms with Crippen molar-refractivity contribution in [2.45, 2.75) is 0 Å². The highest BCUT2D eigenvalue weighted by Crippen LogP contribution is 2.30. The Balaban J connectivity index is 1.41. The zero-order valence-electron chi connectivity index (χ0n) is 16.8. The number of non-ortho nitro benzene ring substituents is 1. The van der Waals surface area contributed by atoms with E-state index in [1.54, 1.807) is 12.1 Å². The largest absolute Gasteiger partial charge is 0.367 e. The van der Waals surface area contributed by atoms with Gasteiger partial charge in [-0.3, -0.25) is 20.2 Å². The molecule has 1 aliphatic heterocycles. The van der Waals surface area contributed by atoms with Crippen LogP contribution in [0.25, 0.3) is 10.8 Å². The maximum absolute atomic E-state index is 12.9. The van der Waals surface area contributed by atoms with E-state index in [0.29, 0.717) is 41.9 Å².